The van der Waals surface area contributed by atoms with Crippen LogP contribution in [0.15, 0.2) is 0 Å². The van der Waals surface area contributed by atoms with E-state index in [4.69, 9.17) is 0 Å². The van der Waals surface area contributed by atoms with Crippen molar-refractivity contribution in [3.63, 3.8) is 0 Å². The average molecular weight is 460 g/mol. The Morgan fingerprint density at radius 1 is 0.565 bits per heavy atom. The predicted molar refractivity (Wildman–Crippen MR) is 127 cm³/mol. The minimum atomic E-state index is 0. The van der Waals surface area contributed by atoms with Gasteiger partial charge in [-0.2, -0.15) is 0 Å². The first-order chi connectivity index (χ1) is 5.67. The van der Waals surface area contributed by atoms with Crippen molar-refractivity contribution in [3.8, 4) is 0 Å². The van der Waals surface area contributed by atoms with E-state index in [0.29, 0.717) is 21.2 Å². The standard InChI is InChI=1S/C11H24I.11CH4/c1-6-9(4)10(5)11(7-2)12-8-3;;;;;;;;;;;/h9-11H,6-8H2,1-5H3;11*1H4/q-1;;;;;;;;;;;. The van der Waals surface area contributed by atoms with Gasteiger partial charge >= 0.3 is 88.9 Å². The summed E-state index contributed by atoms with van der Waals surface area (Å²) >= 11 is 0.482. The van der Waals surface area contributed by atoms with Crippen molar-refractivity contribution >= 4 is 0 Å². The van der Waals surface area contributed by atoms with Gasteiger partial charge in [-0.3, -0.25) is 0 Å². The third-order valence-electron chi connectivity index (χ3n) is 2.85. The van der Waals surface area contributed by atoms with Gasteiger partial charge in [0.2, 0.25) is 0 Å². The summed E-state index contributed by atoms with van der Waals surface area (Å²) in [5.41, 5.74) is 0. The second kappa shape index (κ2) is 56.9. The van der Waals surface area contributed by atoms with Gasteiger partial charge in [0, 0.05) is 0 Å². The summed E-state index contributed by atoms with van der Waals surface area (Å²) in [5, 5.41) is 0. The van der Waals surface area contributed by atoms with Crippen LogP contribution < -0.4 is 21.2 Å². The fourth-order valence-corrected chi connectivity index (χ4v) is 4.81. The van der Waals surface area contributed by atoms with E-state index in [1.165, 1.54) is 17.3 Å². The quantitative estimate of drug-likeness (QED) is 0.284. The Morgan fingerprint density at radius 2 is 0.870 bits per heavy atom. The molecule has 0 rings (SSSR count). The second-order valence-corrected chi connectivity index (χ2v) is 7.60. The third kappa shape index (κ3) is 39.5. The van der Waals surface area contributed by atoms with Gasteiger partial charge in [0.05, 0.1) is 0 Å². The summed E-state index contributed by atoms with van der Waals surface area (Å²) in [6, 6.07) is 0. The molecule has 0 aromatic heterocycles. The number of rotatable bonds is 6. The van der Waals surface area contributed by atoms with Crippen LogP contribution in [0.3, 0.4) is 0 Å². The molecule has 3 atom stereocenters. The first-order valence-electron chi connectivity index (χ1n) is 5.24. The van der Waals surface area contributed by atoms with Crippen LogP contribution in [-0.4, -0.2) is 8.35 Å². The van der Waals surface area contributed by atoms with Gasteiger partial charge in [-0.15, -0.1) is 0 Å². The monoisotopic (exact) mass is 459 g/mol. The third-order valence-corrected chi connectivity index (χ3v) is 6.88. The molecule has 0 aromatic carbocycles. The molecule has 0 aliphatic heterocycles. The Hall–Kier alpha value is 0.730. The molecule has 0 saturated heterocycles. The molecule has 0 heterocycles. The Balaban J connectivity index is -0.0000000110. The summed E-state index contributed by atoms with van der Waals surface area (Å²) < 4.78 is 2.53. The molecule has 0 aromatic rings. The van der Waals surface area contributed by atoms with Crippen LogP contribution >= 0.6 is 0 Å². The Kier molecular flexibility index (Phi) is 221. The molecule has 0 nitrogen and oxygen atoms in total. The van der Waals surface area contributed by atoms with Gasteiger partial charge in [-0.1, -0.05) is 81.7 Å². The van der Waals surface area contributed by atoms with E-state index >= 15 is 0 Å². The molecule has 0 aliphatic rings. The zero-order valence-corrected chi connectivity index (χ0v) is 11.4. The summed E-state index contributed by atoms with van der Waals surface area (Å²) in [6.07, 6.45) is 2.76. The van der Waals surface area contributed by atoms with Gasteiger partial charge in [0.15, 0.2) is 0 Å². The van der Waals surface area contributed by atoms with E-state index in [0.717, 1.165) is 15.8 Å². The van der Waals surface area contributed by atoms with Crippen LogP contribution in [0.5, 0.6) is 0 Å². The molecule has 164 valence electrons. The molecule has 1 heteroatoms. The fourth-order valence-electron chi connectivity index (χ4n) is 1.55. The summed E-state index contributed by atoms with van der Waals surface area (Å²) in [5.74, 6) is 1.90. The minimum absolute atomic E-state index is 0. The zero-order chi connectivity index (χ0) is 9.56. The second-order valence-electron chi connectivity index (χ2n) is 3.59. The maximum absolute atomic E-state index is 2.46. The van der Waals surface area contributed by atoms with Gasteiger partial charge < -0.3 is 0 Å². The van der Waals surface area contributed by atoms with Crippen LogP contribution in [0.4, 0.5) is 0 Å². The van der Waals surface area contributed by atoms with E-state index in [1.54, 1.807) is 0 Å². The van der Waals surface area contributed by atoms with Crippen LogP contribution in [0.2, 0.25) is 0 Å². The fraction of sp³-hybridized carbons (Fsp3) is 1.00. The van der Waals surface area contributed by atoms with Crippen molar-refractivity contribution in [2.24, 2.45) is 11.8 Å². The molecule has 0 N–H and O–H groups in total. The summed E-state index contributed by atoms with van der Waals surface area (Å²) in [6.45, 7) is 11.9. The SMILES string of the molecule is C.C.C.C.C.C.C.C.C.C.C.CC[I-]C(CC)C(C)C(C)CC. The Bertz CT molecular complexity index is 102. The van der Waals surface area contributed by atoms with Gasteiger partial charge in [0.1, 0.15) is 0 Å². The van der Waals surface area contributed by atoms with Crippen molar-refractivity contribution in [3.05, 3.63) is 0 Å². The van der Waals surface area contributed by atoms with Crippen LogP contribution in [0, 0.1) is 11.8 Å². The van der Waals surface area contributed by atoms with Gasteiger partial charge in [-0.05, 0) is 0 Å². The Labute approximate surface area is 170 Å². The number of hydrogen-bond donors (Lipinski definition) is 0. The molecule has 3 unspecified atom stereocenters. The molecule has 0 fully saturated rings. The first-order valence-corrected chi connectivity index (χ1v) is 8.02. The number of halogens is 1. The molecule has 0 amide bonds. The van der Waals surface area contributed by atoms with Crippen LogP contribution in [0.1, 0.15) is 129 Å². The van der Waals surface area contributed by atoms with Gasteiger partial charge in [-0.25, -0.2) is 0 Å². The van der Waals surface area contributed by atoms with E-state index in [-0.39, 0.29) is 81.7 Å². The Morgan fingerprint density at radius 3 is 1.04 bits per heavy atom. The molecular formula is C22H68I-. The van der Waals surface area contributed by atoms with Crippen molar-refractivity contribution in [2.75, 3.05) is 4.43 Å². The molecule has 0 bridgehead atoms. The van der Waals surface area contributed by atoms with Crippen LogP contribution in [0.25, 0.3) is 0 Å². The van der Waals surface area contributed by atoms with Crippen molar-refractivity contribution in [1.82, 2.24) is 0 Å². The normalized spacial score (nSPS) is 9.96. The summed E-state index contributed by atoms with van der Waals surface area (Å²) in [7, 11) is 0. The first kappa shape index (κ1) is 89.1. The van der Waals surface area contributed by atoms with E-state index in [1.807, 2.05) is 0 Å². The zero-order valence-electron chi connectivity index (χ0n) is 9.23. The molecule has 0 radical (unpaired) electrons. The molecule has 0 aliphatic carbocycles. The van der Waals surface area contributed by atoms with Crippen molar-refractivity contribution < 1.29 is 21.2 Å². The predicted octanol–water partition coefficient (Wildman–Crippen LogP) is 7.55. The van der Waals surface area contributed by atoms with Crippen molar-refractivity contribution in [1.29, 1.82) is 0 Å². The number of hydrogen-bond acceptors (Lipinski definition) is 0. The van der Waals surface area contributed by atoms with Gasteiger partial charge in [0.25, 0.3) is 0 Å². The molecule has 0 saturated carbocycles. The van der Waals surface area contributed by atoms with Crippen LogP contribution in [-0.2, 0) is 0 Å². The van der Waals surface area contributed by atoms with E-state index < -0.39 is 0 Å². The summed E-state index contributed by atoms with van der Waals surface area (Å²) in [4.78, 5) is 0. The topological polar surface area (TPSA) is 0 Å². The molecule has 23 heavy (non-hydrogen) atoms. The van der Waals surface area contributed by atoms with E-state index in [9.17, 15) is 0 Å². The molecular weight excluding hydrogens is 391 g/mol. The van der Waals surface area contributed by atoms with E-state index in [2.05, 4.69) is 34.6 Å². The average Bonchev–Trinajstić information content (AvgIpc) is 2.11. The molecule has 0 spiro atoms. The maximum atomic E-state index is 2.46. The number of alkyl halides is 2. The van der Waals surface area contributed by atoms with Crippen molar-refractivity contribution in [2.45, 2.75) is 133 Å².